The molecule has 0 spiro atoms. The molecule has 0 aromatic rings. The first kappa shape index (κ1) is 12.0. The molecule has 1 saturated heterocycles. The highest BCUT2D eigenvalue weighted by molar-refractivity contribution is 4.66. The van der Waals surface area contributed by atoms with Crippen LogP contribution in [0.25, 0.3) is 0 Å². The van der Waals surface area contributed by atoms with Crippen molar-refractivity contribution in [3.8, 4) is 0 Å². The molecule has 1 aliphatic heterocycles. The van der Waals surface area contributed by atoms with Crippen molar-refractivity contribution in [1.82, 2.24) is 5.32 Å². The first-order chi connectivity index (χ1) is 6.86. The van der Waals surface area contributed by atoms with Crippen molar-refractivity contribution >= 4 is 0 Å². The highest BCUT2D eigenvalue weighted by Crippen LogP contribution is 2.18. The van der Waals surface area contributed by atoms with Crippen LogP contribution in [-0.4, -0.2) is 25.8 Å². The van der Waals surface area contributed by atoms with Gasteiger partial charge in [-0.3, -0.25) is 0 Å². The number of hydrogen-bond acceptors (Lipinski definition) is 2. The van der Waals surface area contributed by atoms with Crippen LogP contribution < -0.4 is 5.32 Å². The number of rotatable bonds is 7. The van der Waals surface area contributed by atoms with Crippen LogP contribution in [0.3, 0.4) is 0 Å². The van der Waals surface area contributed by atoms with Gasteiger partial charge in [0.2, 0.25) is 0 Å². The minimum Gasteiger partial charge on any atom is -0.378 e. The van der Waals surface area contributed by atoms with E-state index in [0.717, 1.165) is 12.6 Å². The van der Waals surface area contributed by atoms with Crippen LogP contribution >= 0.6 is 0 Å². The van der Waals surface area contributed by atoms with Gasteiger partial charge in [-0.15, -0.1) is 0 Å². The zero-order valence-electron chi connectivity index (χ0n) is 9.72. The molecular weight excluding hydrogens is 174 g/mol. The summed E-state index contributed by atoms with van der Waals surface area (Å²) in [5.41, 5.74) is 0. The summed E-state index contributed by atoms with van der Waals surface area (Å²) in [5, 5.41) is 3.35. The fourth-order valence-corrected chi connectivity index (χ4v) is 2.19. The van der Waals surface area contributed by atoms with Crippen molar-refractivity contribution in [2.45, 2.75) is 64.0 Å². The van der Waals surface area contributed by atoms with E-state index in [1.54, 1.807) is 0 Å². The first-order valence-electron chi connectivity index (χ1n) is 6.15. The third-order valence-corrected chi connectivity index (χ3v) is 3.25. The van der Waals surface area contributed by atoms with Gasteiger partial charge in [-0.05, 0) is 39.2 Å². The predicted molar refractivity (Wildman–Crippen MR) is 60.6 cm³/mol. The molecule has 84 valence electrons. The Morgan fingerprint density at radius 1 is 1.43 bits per heavy atom. The predicted octanol–water partition coefficient (Wildman–Crippen LogP) is 2.72. The molecule has 1 heterocycles. The number of hydrogen-bond donors (Lipinski definition) is 1. The molecule has 2 atom stereocenters. The molecular formula is C12H25NO. The Kier molecular flexibility index (Phi) is 6.20. The molecule has 0 saturated carbocycles. The Hall–Kier alpha value is -0.0800. The smallest absolute Gasteiger partial charge is 0.0576 e. The minimum atomic E-state index is 0.588. The summed E-state index contributed by atoms with van der Waals surface area (Å²) >= 11 is 0. The second-order valence-electron chi connectivity index (χ2n) is 4.31. The van der Waals surface area contributed by atoms with Gasteiger partial charge in [0.1, 0.15) is 0 Å². The third kappa shape index (κ3) is 4.43. The molecule has 0 aliphatic carbocycles. The largest absolute Gasteiger partial charge is 0.378 e. The lowest BCUT2D eigenvalue weighted by atomic mass is 10.0. The molecule has 1 rings (SSSR count). The van der Waals surface area contributed by atoms with E-state index in [1.165, 1.54) is 44.9 Å². The van der Waals surface area contributed by atoms with E-state index >= 15 is 0 Å². The van der Waals surface area contributed by atoms with Gasteiger partial charge in [-0.1, -0.05) is 19.8 Å². The van der Waals surface area contributed by atoms with Crippen LogP contribution in [-0.2, 0) is 4.74 Å². The minimum absolute atomic E-state index is 0.588. The average Bonchev–Trinajstić information content (AvgIpc) is 2.71. The summed E-state index contributed by atoms with van der Waals surface area (Å²) < 4.78 is 5.60. The maximum atomic E-state index is 5.60. The van der Waals surface area contributed by atoms with E-state index in [9.17, 15) is 0 Å². The maximum absolute atomic E-state index is 5.60. The van der Waals surface area contributed by atoms with Crippen LogP contribution in [0.15, 0.2) is 0 Å². The second kappa shape index (κ2) is 7.24. The van der Waals surface area contributed by atoms with Crippen LogP contribution in [0.5, 0.6) is 0 Å². The molecule has 2 unspecified atom stereocenters. The molecule has 0 aromatic heterocycles. The van der Waals surface area contributed by atoms with E-state index in [0.29, 0.717) is 6.10 Å². The molecule has 0 radical (unpaired) electrons. The van der Waals surface area contributed by atoms with Gasteiger partial charge in [0.25, 0.3) is 0 Å². The Bertz CT molecular complexity index is 124. The van der Waals surface area contributed by atoms with Gasteiger partial charge in [0, 0.05) is 12.6 Å². The summed E-state index contributed by atoms with van der Waals surface area (Å²) in [6.45, 7) is 3.25. The standard InChI is InChI=1S/C12H25NO/c1-3-11(13-2)7-4-5-8-12-9-6-10-14-12/h11-13H,3-10H2,1-2H3. The van der Waals surface area contributed by atoms with Gasteiger partial charge in [0.05, 0.1) is 6.10 Å². The van der Waals surface area contributed by atoms with E-state index in [-0.39, 0.29) is 0 Å². The Labute approximate surface area is 88.4 Å². The SMILES string of the molecule is CCC(CCCCC1CCCO1)NC. The van der Waals surface area contributed by atoms with E-state index in [1.807, 2.05) is 0 Å². The fourth-order valence-electron chi connectivity index (χ4n) is 2.19. The first-order valence-corrected chi connectivity index (χ1v) is 6.15. The van der Waals surface area contributed by atoms with Crippen LogP contribution in [0.1, 0.15) is 51.9 Å². The van der Waals surface area contributed by atoms with Crippen molar-refractivity contribution < 1.29 is 4.74 Å². The molecule has 2 heteroatoms. The van der Waals surface area contributed by atoms with E-state index in [4.69, 9.17) is 4.74 Å². The van der Waals surface area contributed by atoms with Crippen LogP contribution in [0.2, 0.25) is 0 Å². The lowest BCUT2D eigenvalue weighted by molar-refractivity contribution is 0.102. The highest BCUT2D eigenvalue weighted by atomic mass is 16.5. The van der Waals surface area contributed by atoms with Gasteiger partial charge in [-0.2, -0.15) is 0 Å². The van der Waals surface area contributed by atoms with Crippen LogP contribution in [0.4, 0.5) is 0 Å². The van der Waals surface area contributed by atoms with E-state index < -0.39 is 0 Å². The van der Waals surface area contributed by atoms with Crippen molar-refractivity contribution in [3.05, 3.63) is 0 Å². The summed E-state index contributed by atoms with van der Waals surface area (Å²) in [5.74, 6) is 0. The normalized spacial score (nSPS) is 24.0. The Morgan fingerprint density at radius 2 is 2.29 bits per heavy atom. The molecule has 0 bridgehead atoms. The zero-order chi connectivity index (χ0) is 10.2. The number of nitrogens with one attached hydrogen (secondary N) is 1. The maximum Gasteiger partial charge on any atom is 0.0576 e. The van der Waals surface area contributed by atoms with Gasteiger partial charge in [0.15, 0.2) is 0 Å². The molecule has 2 nitrogen and oxygen atoms in total. The summed E-state index contributed by atoms with van der Waals surface area (Å²) in [6.07, 6.45) is 9.69. The van der Waals surface area contributed by atoms with Crippen molar-refractivity contribution in [1.29, 1.82) is 0 Å². The lowest BCUT2D eigenvalue weighted by Crippen LogP contribution is -2.23. The van der Waals surface area contributed by atoms with Gasteiger partial charge in [-0.25, -0.2) is 0 Å². The van der Waals surface area contributed by atoms with Gasteiger partial charge < -0.3 is 10.1 Å². The van der Waals surface area contributed by atoms with Crippen molar-refractivity contribution in [3.63, 3.8) is 0 Å². The quantitative estimate of drug-likeness (QED) is 0.637. The topological polar surface area (TPSA) is 21.3 Å². The Morgan fingerprint density at radius 3 is 2.86 bits per heavy atom. The molecule has 1 aliphatic rings. The third-order valence-electron chi connectivity index (χ3n) is 3.25. The summed E-state index contributed by atoms with van der Waals surface area (Å²) in [6, 6.07) is 0.722. The fraction of sp³-hybridized carbons (Fsp3) is 1.00. The van der Waals surface area contributed by atoms with Crippen molar-refractivity contribution in [2.24, 2.45) is 0 Å². The molecule has 0 amide bonds. The zero-order valence-corrected chi connectivity index (χ0v) is 9.72. The Balaban J connectivity index is 1.92. The monoisotopic (exact) mass is 199 g/mol. The number of unbranched alkanes of at least 4 members (excludes halogenated alkanes) is 1. The molecule has 0 aromatic carbocycles. The lowest BCUT2D eigenvalue weighted by Gasteiger charge is -2.14. The summed E-state index contributed by atoms with van der Waals surface area (Å²) in [4.78, 5) is 0. The van der Waals surface area contributed by atoms with Crippen molar-refractivity contribution in [2.75, 3.05) is 13.7 Å². The van der Waals surface area contributed by atoms with Crippen LogP contribution in [0, 0.1) is 0 Å². The summed E-state index contributed by atoms with van der Waals surface area (Å²) in [7, 11) is 2.06. The highest BCUT2D eigenvalue weighted by Gasteiger charge is 2.14. The van der Waals surface area contributed by atoms with Gasteiger partial charge >= 0.3 is 0 Å². The van der Waals surface area contributed by atoms with E-state index in [2.05, 4.69) is 19.3 Å². The molecule has 14 heavy (non-hydrogen) atoms. The molecule has 1 N–H and O–H groups in total. The second-order valence-corrected chi connectivity index (χ2v) is 4.31. The number of ether oxygens (including phenoxy) is 1. The average molecular weight is 199 g/mol. The molecule has 1 fully saturated rings.